The van der Waals surface area contributed by atoms with Gasteiger partial charge in [0.2, 0.25) is 0 Å². The molecule has 20 nitrogen and oxygen atoms in total. The number of cyclic esters (lactones) is 1. The molecule has 27 unspecified atom stereocenters. The Balaban J connectivity index is 0.992. The highest BCUT2D eigenvalue weighted by atomic mass is 16.8. The summed E-state index contributed by atoms with van der Waals surface area (Å²) in [4.78, 5) is 14.1. The number of rotatable bonds is 10. The average molecular weight is 975 g/mol. The maximum absolute atomic E-state index is 14.1. The van der Waals surface area contributed by atoms with Crippen LogP contribution >= 0.6 is 0 Å². The highest BCUT2D eigenvalue weighted by Crippen LogP contribution is 2.74. The molecule has 7 fully saturated rings. The van der Waals surface area contributed by atoms with Gasteiger partial charge in [-0.15, -0.1) is 0 Å². The molecule has 0 amide bonds. The van der Waals surface area contributed by atoms with E-state index in [0.29, 0.717) is 32.1 Å². The van der Waals surface area contributed by atoms with E-state index in [1.54, 1.807) is 6.92 Å². The fourth-order valence-corrected chi connectivity index (χ4v) is 14.7. The molecule has 8 rings (SSSR count). The van der Waals surface area contributed by atoms with Crippen LogP contribution in [0.4, 0.5) is 0 Å². The average Bonchev–Trinajstić information content (AvgIpc) is 3.63. The predicted molar refractivity (Wildman–Crippen MR) is 233 cm³/mol. The molecule has 0 bridgehead atoms. The van der Waals surface area contributed by atoms with Crippen LogP contribution in [0, 0.1) is 44.8 Å². The minimum absolute atomic E-state index is 0.0220. The van der Waals surface area contributed by atoms with Crippen molar-refractivity contribution in [2.45, 2.75) is 223 Å². The lowest BCUT2D eigenvalue weighted by atomic mass is 9.34. The molecule has 390 valence electrons. The standard InChI is InChI=1S/C48H78O20/c1-19(20(2)62-40-36(59)33(56)30(53)25(17-49)64-40)24-16-48(43(61)66-24)14-13-46(7)22(38(48)60)9-10-28-45(6)15-23(51)39(44(4,5)27(45)11-12-47(28,46)8)68-42-37(34(57)31(54)26(18-50)65-42)67-41-35(58)32(55)29(52)21(3)63-41/h9,19-21,23-42,49-60H,10-18H2,1-8H3. The highest BCUT2D eigenvalue weighted by Gasteiger charge is 2.71. The predicted octanol–water partition coefficient (Wildman–Crippen LogP) is -1.51. The molecule has 0 aromatic heterocycles. The molecule has 1 spiro atoms. The molecule has 68 heavy (non-hydrogen) atoms. The molecule has 3 saturated carbocycles. The Morgan fingerprint density at radius 2 is 1.29 bits per heavy atom. The SMILES string of the molecule is CC(OC1OC(CO)C(O)C(O)C1O)C(C)C1CC2(CCC3(C)C(=CCC4C5(C)CC(O)C(OC6OC(CO)C(O)C(O)C6OC6OC(C)C(O)C(O)C6O)C(C)(C)C5CCC43C)C2O)C(=O)O1. The van der Waals surface area contributed by atoms with Gasteiger partial charge < -0.3 is 94.4 Å². The zero-order valence-corrected chi connectivity index (χ0v) is 40.4. The number of aliphatic hydroxyl groups excluding tert-OH is 12. The fraction of sp³-hybridized carbons (Fsp3) is 0.938. The molecular formula is C48H78O20. The molecule has 4 heterocycles. The van der Waals surface area contributed by atoms with E-state index in [0.717, 1.165) is 12.0 Å². The second-order valence-corrected chi connectivity index (χ2v) is 23.0. The van der Waals surface area contributed by atoms with Crippen molar-refractivity contribution in [1.29, 1.82) is 0 Å². The summed E-state index contributed by atoms with van der Waals surface area (Å²) in [6.07, 6.45) is -21.1. The molecule has 4 aliphatic carbocycles. The number of carbonyl (C=O) groups is 1. The van der Waals surface area contributed by atoms with Crippen LogP contribution in [0.25, 0.3) is 0 Å². The maximum atomic E-state index is 14.1. The first-order valence-electron chi connectivity index (χ1n) is 24.6. The fourth-order valence-electron chi connectivity index (χ4n) is 14.7. The quantitative estimate of drug-likeness (QED) is 0.0673. The second kappa shape index (κ2) is 18.8. The smallest absolute Gasteiger partial charge is 0.315 e. The van der Waals surface area contributed by atoms with E-state index in [2.05, 4.69) is 26.8 Å². The molecule has 0 aromatic rings. The minimum Gasteiger partial charge on any atom is -0.461 e. The van der Waals surface area contributed by atoms with E-state index in [9.17, 15) is 66.1 Å². The summed E-state index contributed by atoms with van der Waals surface area (Å²) in [5, 5.41) is 129. The van der Waals surface area contributed by atoms with Gasteiger partial charge in [-0.05, 0) is 91.4 Å². The Labute approximate surface area is 397 Å². The van der Waals surface area contributed by atoms with Gasteiger partial charge in [-0.25, -0.2) is 0 Å². The summed E-state index contributed by atoms with van der Waals surface area (Å²) in [6.45, 7) is 14.4. The first-order valence-corrected chi connectivity index (χ1v) is 24.6. The van der Waals surface area contributed by atoms with Crippen molar-refractivity contribution in [3.05, 3.63) is 11.6 Å². The Kier molecular flexibility index (Phi) is 14.6. The molecule has 20 heteroatoms. The van der Waals surface area contributed by atoms with Crippen LogP contribution in [0.2, 0.25) is 0 Å². The molecule has 4 aliphatic heterocycles. The van der Waals surface area contributed by atoms with Crippen molar-refractivity contribution in [2.75, 3.05) is 13.2 Å². The summed E-state index contributed by atoms with van der Waals surface area (Å²) in [6, 6.07) is 0. The zero-order chi connectivity index (χ0) is 50.0. The van der Waals surface area contributed by atoms with Crippen molar-refractivity contribution in [3.63, 3.8) is 0 Å². The number of carbonyl (C=O) groups excluding carboxylic acids is 1. The number of allylic oxidation sites excluding steroid dienone is 1. The Hall–Kier alpha value is -1.51. The summed E-state index contributed by atoms with van der Waals surface area (Å²) >= 11 is 0. The summed E-state index contributed by atoms with van der Waals surface area (Å²) in [7, 11) is 0. The molecule has 8 aliphatic rings. The third kappa shape index (κ3) is 8.07. The van der Waals surface area contributed by atoms with Gasteiger partial charge in [0.15, 0.2) is 18.9 Å². The molecule has 0 aromatic carbocycles. The third-order valence-electron chi connectivity index (χ3n) is 19.3. The maximum Gasteiger partial charge on any atom is 0.315 e. The monoisotopic (exact) mass is 975 g/mol. The lowest BCUT2D eigenvalue weighted by molar-refractivity contribution is -0.381. The topological polar surface area (TPSA) is 324 Å². The van der Waals surface area contributed by atoms with Crippen molar-refractivity contribution < 1.29 is 99.2 Å². The van der Waals surface area contributed by atoms with Crippen LogP contribution in [-0.2, 0) is 38.0 Å². The van der Waals surface area contributed by atoms with Crippen LogP contribution in [0.1, 0.15) is 100 Å². The lowest BCUT2D eigenvalue weighted by Gasteiger charge is -2.70. The first-order chi connectivity index (χ1) is 31.7. The zero-order valence-electron chi connectivity index (χ0n) is 40.4. The minimum atomic E-state index is -1.74. The van der Waals surface area contributed by atoms with Gasteiger partial charge in [0.05, 0.1) is 43.7 Å². The van der Waals surface area contributed by atoms with Gasteiger partial charge >= 0.3 is 5.97 Å². The molecule has 12 N–H and O–H groups in total. The Morgan fingerprint density at radius 1 is 0.691 bits per heavy atom. The van der Waals surface area contributed by atoms with Gasteiger partial charge in [-0.2, -0.15) is 0 Å². The van der Waals surface area contributed by atoms with Crippen LogP contribution in [0.5, 0.6) is 0 Å². The van der Waals surface area contributed by atoms with E-state index in [4.69, 9.17) is 33.2 Å². The number of hydrogen-bond donors (Lipinski definition) is 12. The first kappa shape index (κ1) is 52.8. The normalized spacial score (nSPS) is 54.5. The molecule has 27 atom stereocenters. The van der Waals surface area contributed by atoms with Crippen molar-refractivity contribution in [2.24, 2.45) is 44.8 Å². The van der Waals surface area contributed by atoms with Gasteiger partial charge in [0.1, 0.15) is 78.7 Å². The van der Waals surface area contributed by atoms with Crippen LogP contribution in [0.15, 0.2) is 11.6 Å². The van der Waals surface area contributed by atoms with E-state index in [1.165, 1.54) is 6.92 Å². The number of aliphatic hydroxyl groups is 12. The largest absolute Gasteiger partial charge is 0.461 e. The molecule has 0 radical (unpaired) electrons. The summed E-state index contributed by atoms with van der Waals surface area (Å²) in [5.41, 5.74) is -2.55. The third-order valence-corrected chi connectivity index (χ3v) is 19.3. The number of esters is 1. The van der Waals surface area contributed by atoms with E-state index in [1.807, 2.05) is 20.8 Å². The van der Waals surface area contributed by atoms with Crippen LogP contribution < -0.4 is 0 Å². The van der Waals surface area contributed by atoms with Gasteiger partial charge in [-0.1, -0.05) is 47.6 Å². The number of hydrogen-bond acceptors (Lipinski definition) is 20. The Morgan fingerprint density at radius 3 is 1.94 bits per heavy atom. The van der Waals surface area contributed by atoms with E-state index >= 15 is 0 Å². The summed E-state index contributed by atoms with van der Waals surface area (Å²) < 4.78 is 41.9. The summed E-state index contributed by atoms with van der Waals surface area (Å²) in [5.74, 6) is -0.952. The molecular weight excluding hydrogens is 897 g/mol. The highest BCUT2D eigenvalue weighted by molar-refractivity contribution is 5.81. The van der Waals surface area contributed by atoms with Gasteiger partial charge in [0, 0.05) is 12.3 Å². The van der Waals surface area contributed by atoms with Gasteiger partial charge in [-0.3, -0.25) is 4.79 Å². The van der Waals surface area contributed by atoms with Crippen molar-refractivity contribution in [1.82, 2.24) is 0 Å². The van der Waals surface area contributed by atoms with Crippen molar-refractivity contribution >= 4 is 5.97 Å². The van der Waals surface area contributed by atoms with E-state index in [-0.39, 0.29) is 23.7 Å². The number of ether oxygens (including phenoxy) is 7. The molecule has 4 saturated heterocycles. The van der Waals surface area contributed by atoms with E-state index < -0.39 is 169 Å². The van der Waals surface area contributed by atoms with Gasteiger partial charge in [0.25, 0.3) is 0 Å². The van der Waals surface area contributed by atoms with Crippen molar-refractivity contribution in [3.8, 4) is 0 Å². The lowest BCUT2D eigenvalue weighted by Crippen LogP contribution is -2.69. The van der Waals surface area contributed by atoms with Crippen LogP contribution in [-0.4, -0.2) is 203 Å². The van der Waals surface area contributed by atoms with Crippen LogP contribution in [0.3, 0.4) is 0 Å². The Bertz CT molecular complexity index is 1850. The number of fused-ring (bicyclic) bond motifs is 5. The second-order valence-electron chi connectivity index (χ2n) is 23.0.